The van der Waals surface area contributed by atoms with Crippen molar-refractivity contribution in [3.8, 4) is 11.5 Å². The first kappa shape index (κ1) is 14.4. The second-order valence-electron chi connectivity index (χ2n) is 5.47. The molecule has 0 radical (unpaired) electrons. The predicted molar refractivity (Wildman–Crippen MR) is 85.7 cm³/mol. The van der Waals surface area contributed by atoms with Crippen molar-refractivity contribution in [3.05, 3.63) is 53.6 Å². The van der Waals surface area contributed by atoms with Crippen molar-refractivity contribution in [2.75, 3.05) is 24.7 Å². The number of hydrogen-bond donors (Lipinski definition) is 0. The van der Waals surface area contributed by atoms with E-state index in [1.165, 1.54) is 5.56 Å². The summed E-state index contributed by atoms with van der Waals surface area (Å²) < 4.78 is 11.2. The van der Waals surface area contributed by atoms with Gasteiger partial charge in [-0.2, -0.15) is 0 Å². The number of rotatable bonds is 4. The molecule has 0 aliphatic carbocycles. The highest BCUT2D eigenvalue weighted by molar-refractivity contribution is 5.97. The van der Waals surface area contributed by atoms with Gasteiger partial charge in [0.1, 0.15) is 18.1 Å². The van der Waals surface area contributed by atoms with Gasteiger partial charge in [-0.05, 0) is 43.7 Å². The standard InChI is InChI=1S/C18H19NO3/c1-13-3-6-15(7-4-13)21-10-9-19-16-11-14(2)5-8-17(16)22-12-18(19)20/h3-8,11H,9-10,12H2,1-2H3. The van der Waals surface area contributed by atoms with E-state index >= 15 is 0 Å². The normalized spacial score (nSPS) is 13.5. The van der Waals surface area contributed by atoms with E-state index in [4.69, 9.17) is 9.47 Å². The fraction of sp³-hybridized carbons (Fsp3) is 0.278. The number of hydrogen-bond acceptors (Lipinski definition) is 3. The Morgan fingerprint density at radius 3 is 2.59 bits per heavy atom. The van der Waals surface area contributed by atoms with Gasteiger partial charge in [0.2, 0.25) is 0 Å². The lowest BCUT2D eigenvalue weighted by Gasteiger charge is -2.29. The number of aryl methyl sites for hydroxylation is 2. The van der Waals surface area contributed by atoms with Gasteiger partial charge in [-0.25, -0.2) is 0 Å². The Morgan fingerprint density at radius 1 is 1.09 bits per heavy atom. The van der Waals surface area contributed by atoms with Crippen molar-refractivity contribution in [1.82, 2.24) is 0 Å². The number of nitrogens with zero attached hydrogens (tertiary/aromatic N) is 1. The minimum absolute atomic E-state index is 0.0365. The van der Waals surface area contributed by atoms with Crippen molar-refractivity contribution in [1.29, 1.82) is 0 Å². The zero-order chi connectivity index (χ0) is 15.5. The molecule has 2 aromatic rings. The van der Waals surface area contributed by atoms with Gasteiger partial charge in [-0.3, -0.25) is 4.79 Å². The van der Waals surface area contributed by atoms with Crippen LogP contribution in [0.15, 0.2) is 42.5 Å². The van der Waals surface area contributed by atoms with Crippen LogP contribution in [0.1, 0.15) is 11.1 Å². The Labute approximate surface area is 130 Å². The quantitative estimate of drug-likeness (QED) is 0.870. The van der Waals surface area contributed by atoms with E-state index < -0.39 is 0 Å². The lowest BCUT2D eigenvalue weighted by Crippen LogP contribution is -2.41. The number of benzene rings is 2. The number of anilines is 1. The molecule has 0 unspecified atom stereocenters. The van der Waals surface area contributed by atoms with Crippen molar-refractivity contribution in [2.24, 2.45) is 0 Å². The molecule has 1 heterocycles. The van der Waals surface area contributed by atoms with Crippen molar-refractivity contribution < 1.29 is 14.3 Å². The average Bonchev–Trinajstić information content (AvgIpc) is 2.51. The van der Waals surface area contributed by atoms with Crippen LogP contribution in [0.25, 0.3) is 0 Å². The van der Waals surface area contributed by atoms with Gasteiger partial charge in [-0.1, -0.05) is 23.8 Å². The van der Waals surface area contributed by atoms with Gasteiger partial charge >= 0.3 is 0 Å². The average molecular weight is 297 g/mol. The molecule has 0 saturated carbocycles. The van der Waals surface area contributed by atoms with Gasteiger partial charge in [0, 0.05) is 0 Å². The first-order valence-corrected chi connectivity index (χ1v) is 7.37. The fourth-order valence-corrected chi connectivity index (χ4v) is 2.45. The largest absolute Gasteiger partial charge is 0.492 e. The number of ether oxygens (including phenoxy) is 2. The Morgan fingerprint density at radius 2 is 1.82 bits per heavy atom. The third-order valence-corrected chi connectivity index (χ3v) is 3.66. The molecule has 4 heteroatoms. The van der Waals surface area contributed by atoms with Gasteiger partial charge < -0.3 is 14.4 Å². The molecule has 0 atom stereocenters. The molecular formula is C18H19NO3. The number of carbonyl (C=O) groups is 1. The third-order valence-electron chi connectivity index (χ3n) is 3.66. The van der Waals surface area contributed by atoms with Crippen molar-refractivity contribution in [2.45, 2.75) is 13.8 Å². The van der Waals surface area contributed by atoms with E-state index in [0.717, 1.165) is 22.7 Å². The van der Waals surface area contributed by atoms with Gasteiger partial charge in [0.25, 0.3) is 5.91 Å². The van der Waals surface area contributed by atoms with Crippen LogP contribution >= 0.6 is 0 Å². The highest BCUT2D eigenvalue weighted by Crippen LogP contribution is 2.32. The Balaban J connectivity index is 1.68. The Kier molecular flexibility index (Phi) is 4.00. The summed E-state index contributed by atoms with van der Waals surface area (Å²) in [6.45, 7) is 5.07. The summed E-state index contributed by atoms with van der Waals surface area (Å²) in [5.74, 6) is 1.53. The molecule has 1 amide bonds. The molecule has 3 rings (SSSR count). The minimum Gasteiger partial charge on any atom is -0.492 e. The zero-order valence-electron chi connectivity index (χ0n) is 12.8. The second kappa shape index (κ2) is 6.10. The van der Waals surface area contributed by atoms with Gasteiger partial charge in [0.15, 0.2) is 6.61 Å². The summed E-state index contributed by atoms with van der Waals surface area (Å²) in [7, 11) is 0. The molecule has 4 nitrogen and oxygen atoms in total. The molecule has 0 fully saturated rings. The number of fused-ring (bicyclic) bond motifs is 1. The van der Waals surface area contributed by atoms with Crippen LogP contribution in [0.5, 0.6) is 11.5 Å². The highest BCUT2D eigenvalue weighted by Gasteiger charge is 2.25. The maximum absolute atomic E-state index is 12.1. The van der Waals surface area contributed by atoms with E-state index in [1.54, 1.807) is 4.90 Å². The van der Waals surface area contributed by atoms with Gasteiger partial charge in [0.05, 0.1) is 12.2 Å². The summed E-state index contributed by atoms with van der Waals surface area (Å²) >= 11 is 0. The molecule has 22 heavy (non-hydrogen) atoms. The highest BCUT2D eigenvalue weighted by atomic mass is 16.5. The van der Waals surface area contributed by atoms with Crippen LogP contribution in [-0.2, 0) is 4.79 Å². The Hall–Kier alpha value is -2.49. The maximum atomic E-state index is 12.1. The van der Waals surface area contributed by atoms with E-state index in [9.17, 15) is 4.79 Å². The summed E-state index contributed by atoms with van der Waals surface area (Å²) in [5, 5.41) is 0. The summed E-state index contributed by atoms with van der Waals surface area (Å²) in [6, 6.07) is 13.8. The molecular weight excluding hydrogens is 278 g/mol. The predicted octanol–water partition coefficient (Wildman–Crippen LogP) is 3.11. The van der Waals surface area contributed by atoms with Crippen LogP contribution in [0, 0.1) is 13.8 Å². The van der Waals surface area contributed by atoms with E-state index in [2.05, 4.69) is 0 Å². The molecule has 0 N–H and O–H groups in total. The molecule has 0 saturated heterocycles. The molecule has 0 spiro atoms. The fourth-order valence-electron chi connectivity index (χ4n) is 2.45. The van der Waals surface area contributed by atoms with Crippen LogP contribution in [0.2, 0.25) is 0 Å². The first-order valence-electron chi connectivity index (χ1n) is 7.37. The van der Waals surface area contributed by atoms with Crippen LogP contribution < -0.4 is 14.4 Å². The zero-order valence-corrected chi connectivity index (χ0v) is 12.8. The van der Waals surface area contributed by atoms with Crippen LogP contribution in [0.4, 0.5) is 5.69 Å². The third kappa shape index (κ3) is 3.06. The summed E-state index contributed by atoms with van der Waals surface area (Å²) in [5.41, 5.74) is 3.12. The first-order chi connectivity index (χ1) is 10.6. The molecule has 1 aliphatic rings. The lowest BCUT2D eigenvalue weighted by molar-refractivity contribution is -0.121. The van der Waals surface area contributed by atoms with Crippen molar-refractivity contribution in [3.63, 3.8) is 0 Å². The summed E-state index contributed by atoms with van der Waals surface area (Å²) in [6.07, 6.45) is 0. The van der Waals surface area contributed by atoms with E-state index in [0.29, 0.717) is 13.2 Å². The Bertz CT molecular complexity index is 679. The maximum Gasteiger partial charge on any atom is 0.265 e. The minimum atomic E-state index is -0.0365. The number of carbonyl (C=O) groups excluding carboxylic acids is 1. The summed E-state index contributed by atoms with van der Waals surface area (Å²) in [4.78, 5) is 13.8. The van der Waals surface area contributed by atoms with E-state index in [-0.39, 0.29) is 12.5 Å². The molecule has 1 aliphatic heterocycles. The topological polar surface area (TPSA) is 38.8 Å². The van der Waals surface area contributed by atoms with Crippen LogP contribution in [-0.4, -0.2) is 25.7 Å². The molecule has 0 bridgehead atoms. The SMILES string of the molecule is Cc1ccc(OCCN2C(=O)COc3ccc(C)cc32)cc1. The lowest BCUT2D eigenvalue weighted by atomic mass is 10.1. The molecule has 0 aromatic heterocycles. The second-order valence-corrected chi connectivity index (χ2v) is 5.47. The molecule has 114 valence electrons. The van der Waals surface area contributed by atoms with Crippen molar-refractivity contribution >= 4 is 11.6 Å². The van der Waals surface area contributed by atoms with Gasteiger partial charge in [-0.15, -0.1) is 0 Å². The smallest absolute Gasteiger partial charge is 0.265 e. The number of amides is 1. The van der Waals surface area contributed by atoms with Crippen LogP contribution in [0.3, 0.4) is 0 Å². The monoisotopic (exact) mass is 297 g/mol. The van der Waals surface area contributed by atoms with E-state index in [1.807, 2.05) is 56.3 Å². The molecule has 2 aromatic carbocycles.